The van der Waals surface area contributed by atoms with Crippen molar-refractivity contribution >= 4 is 23.4 Å². The van der Waals surface area contributed by atoms with Gasteiger partial charge in [0.15, 0.2) is 0 Å². The topological polar surface area (TPSA) is 0 Å². The molecule has 2 heteroatoms. The maximum Gasteiger partial charge on any atom is 0.0475 e. The number of hydrogen-bond donors (Lipinski definition) is 0. The molecule has 25 heavy (non-hydrogen) atoms. The number of hydrogen-bond acceptors (Lipinski definition) is 1. The summed E-state index contributed by atoms with van der Waals surface area (Å²) in [6, 6.07) is 6.96. The van der Waals surface area contributed by atoms with Gasteiger partial charge in [-0.1, -0.05) is 61.7 Å². The molecule has 2 aromatic carbocycles. The van der Waals surface area contributed by atoms with Crippen molar-refractivity contribution in [2.45, 2.75) is 83.4 Å². The lowest BCUT2D eigenvalue weighted by molar-refractivity contribution is 0.663. The summed E-state index contributed by atoms with van der Waals surface area (Å²) in [6.07, 6.45) is 6.38. The first-order valence-corrected chi connectivity index (χ1v) is 10.6. The summed E-state index contributed by atoms with van der Waals surface area (Å²) in [5.41, 5.74) is 7.94. The number of halogens is 1. The summed E-state index contributed by atoms with van der Waals surface area (Å²) in [5, 5.41) is 0.904. The van der Waals surface area contributed by atoms with Gasteiger partial charge in [0.05, 0.1) is 0 Å². The first-order chi connectivity index (χ1) is 11.8. The molecule has 0 radical (unpaired) electrons. The molecule has 0 bridgehead atoms. The van der Waals surface area contributed by atoms with Gasteiger partial charge in [-0.25, -0.2) is 0 Å². The van der Waals surface area contributed by atoms with Crippen LogP contribution in [0.2, 0.25) is 5.02 Å². The third-order valence-corrected chi connectivity index (χ3v) is 7.01. The summed E-state index contributed by atoms with van der Waals surface area (Å²) in [4.78, 5) is 2.71. The van der Waals surface area contributed by atoms with Crippen LogP contribution in [0.4, 0.5) is 0 Å². The predicted octanol–water partition coefficient (Wildman–Crippen LogP) is 8.16. The summed E-state index contributed by atoms with van der Waals surface area (Å²) in [5.74, 6) is 0. The Hall–Kier alpha value is -0.920. The van der Waals surface area contributed by atoms with Crippen LogP contribution in [0.15, 0.2) is 28.0 Å². The van der Waals surface area contributed by atoms with Crippen molar-refractivity contribution in [1.82, 2.24) is 0 Å². The van der Waals surface area contributed by atoms with Gasteiger partial charge in [0.2, 0.25) is 0 Å². The monoisotopic (exact) mass is 374 g/mol. The van der Waals surface area contributed by atoms with Crippen LogP contribution in [0.3, 0.4) is 0 Å². The van der Waals surface area contributed by atoms with E-state index in [1.54, 1.807) is 0 Å². The Morgan fingerprint density at radius 2 is 1.48 bits per heavy atom. The van der Waals surface area contributed by atoms with E-state index in [-0.39, 0.29) is 0 Å². The molecule has 0 unspecified atom stereocenters. The minimum Gasteiger partial charge on any atom is -0.0892 e. The van der Waals surface area contributed by atoms with E-state index < -0.39 is 0 Å². The zero-order valence-electron chi connectivity index (χ0n) is 16.6. The Bertz CT molecular complexity index is 746. The second-order valence-electron chi connectivity index (χ2n) is 7.24. The van der Waals surface area contributed by atoms with E-state index in [2.05, 4.69) is 59.7 Å². The first-order valence-electron chi connectivity index (χ1n) is 9.39. The van der Waals surface area contributed by atoms with E-state index in [1.165, 1.54) is 75.3 Å². The van der Waals surface area contributed by atoms with Gasteiger partial charge in [-0.05, 0) is 86.9 Å². The summed E-state index contributed by atoms with van der Waals surface area (Å²) in [6.45, 7) is 13.1. The van der Waals surface area contributed by atoms with Gasteiger partial charge in [-0.2, -0.15) is 0 Å². The lowest BCUT2D eigenvalue weighted by atomic mass is 10.0. The number of aryl methyl sites for hydroxylation is 5. The highest BCUT2D eigenvalue weighted by Gasteiger charge is 2.14. The van der Waals surface area contributed by atoms with Crippen LogP contribution >= 0.6 is 23.4 Å². The first kappa shape index (κ1) is 20.4. The third-order valence-electron chi connectivity index (χ3n) is 5.00. The van der Waals surface area contributed by atoms with Crippen molar-refractivity contribution in [1.29, 1.82) is 0 Å². The highest BCUT2D eigenvalue weighted by molar-refractivity contribution is 7.99. The minimum atomic E-state index is 0.904. The molecule has 0 atom stereocenters. The van der Waals surface area contributed by atoms with E-state index >= 15 is 0 Å². The Morgan fingerprint density at radius 1 is 0.800 bits per heavy atom. The van der Waals surface area contributed by atoms with Gasteiger partial charge in [-0.3, -0.25) is 0 Å². The van der Waals surface area contributed by atoms with Gasteiger partial charge in [-0.15, -0.1) is 0 Å². The molecule has 0 amide bonds. The second kappa shape index (κ2) is 9.14. The van der Waals surface area contributed by atoms with Crippen molar-refractivity contribution in [3.8, 4) is 0 Å². The summed E-state index contributed by atoms with van der Waals surface area (Å²) < 4.78 is 0. The van der Waals surface area contributed by atoms with Crippen molar-refractivity contribution in [3.63, 3.8) is 0 Å². The molecule has 0 spiro atoms. The van der Waals surface area contributed by atoms with Crippen LogP contribution in [0.25, 0.3) is 0 Å². The molecule has 0 nitrogen and oxygen atoms in total. The maximum atomic E-state index is 6.52. The molecule has 0 aliphatic rings. The fourth-order valence-corrected chi connectivity index (χ4v) is 4.72. The Balaban J connectivity index is 2.35. The third kappa shape index (κ3) is 5.05. The molecule has 0 saturated heterocycles. The fourth-order valence-electron chi connectivity index (χ4n) is 3.29. The van der Waals surface area contributed by atoms with Crippen molar-refractivity contribution in [2.75, 3.05) is 0 Å². The molecule has 0 saturated carbocycles. The molecule has 0 aliphatic carbocycles. The molecule has 2 rings (SSSR count). The van der Waals surface area contributed by atoms with Crippen molar-refractivity contribution in [3.05, 3.63) is 56.6 Å². The van der Waals surface area contributed by atoms with Crippen molar-refractivity contribution < 1.29 is 0 Å². The van der Waals surface area contributed by atoms with Crippen LogP contribution in [-0.2, 0) is 6.42 Å². The number of benzene rings is 2. The van der Waals surface area contributed by atoms with E-state index in [4.69, 9.17) is 11.6 Å². The average Bonchev–Trinajstić information content (AvgIpc) is 2.57. The van der Waals surface area contributed by atoms with Crippen molar-refractivity contribution in [2.24, 2.45) is 0 Å². The van der Waals surface area contributed by atoms with E-state index in [9.17, 15) is 0 Å². The quantitative estimate of drug-likeness (QED) is 0.440. The number of unbranched alkanes of at least 4 members (excludes halogenated alkanes) is 3. The molecular formula is C23H31ClS. The smallest absolute Gasteiger partial charge is 0.0475 e. The Labute approximate surface area is 163 Å². The molecule has 0 heterocycles. The van der Waals surface area contributed by atoms with Crippen LogP contribution < -0.4 is 0 Å². The number of rotatable bonds is 7. The largest absolute Gasteiger partial charge is 0.0892 e. The van der Waals surface area contributed by atoms with E-state index in [1.807, 2.05) is 11.8 Å². The molecular weight excluding hydrogens is 344 g/mol. The summed E-state index contributed by atoms with van der Waals surface area (Å²) in [7, 11) is 0. The van der Waals surface area contributed by atoms with Crippen LogP contribution in [0.5, 0.6) is 0 Å². The minimum absolute atomic E-state index is 0.904. The van der Waals surface area contributed by atoms with Gasteiger partial charge >= 0.3 is 0 Å². The predicted molar refractivity (Wildman–Crippen MR) is 114 cm³/mol. The van der Waals surface area contributed by atoms with E-state index in [0.717, 1.165) is 5.02 Å². The van der Waals surface area contributed by atoms with Gasteiger partial charge < -0.3 is 0 Å². The van der Waals surface area contributed by atoms with Crippen LogP contribution in [0, 0.1) is 34.6 Å². The van der Waals surface area contributed by atoms with Gasteiger partial charge in [0.25, 0.3) is 0 Å². The van der Waals surface area contributed by atoms with E-state index in [0.29, 0.717) is 0 Å². The molecule has 0 N–H and O–H groups in total. The molecule has 0 aliphatic heterocycles. The Kier molecular flexibility index (Phi) is 7.46. The zero-order valence-corrected chi connectivity index (χ0v) is 18.1. The second-order valence-corrected chi connectivity index (χ2v) is 8.67. The lowest BCUT2D eigenvalue weighted by Gasteiger charge is -2.17. The normalized spacial score (nSPS) is 11.2. The molecule has 0 fully saturated rings. The highest BCUT2D eigenvalue weighted by Crippen LogP contribution is 2.40. The lowest BCUT2D eigenvalue weighted by Crippen LogP contribution is -1.96. The Morgan fingerprint density at radius 3 is 2.16 bits per heavy atom. The standard InChI is InChI=1S/C23H31ClS/c1-7-8-9-10-11-20-13-15(2)16(3)14-21(20)25-23-18(5)12-17(4)22(24)19(23)6/h12-14H,7-11H2,1-6H3. The van der Waals surface area contributed by atoms with Gasteiger partial charge in [0, 0.05) is 14.8 Å². The fraction of sp³-hybridized carbons (Fsp3) is 0.478. The van der Waals surface area contributed by atoms with Crippen LogP contribution in [0.1, 0.15) is 66.0 Å². The van der Waals surface area contributed by atoms with Crippen LogP contribution in [-0.4, -0.2) is 0 Å². The highest BCUT2D eigenvalue weighted by atomic mass is 35.5. The average molecular weight is 375 g/mol. The molecule has 136 valence electrons. The summed E-state index contributed by atoms with van der Waals surface area (Å²) >= 11 is 8.41. The van der Waals surface area contributed by atoms with Gasteiger partial charge in [0.1, 0.15) is 0 Å². The molecule has 0 aromatic heterocycles. The maximum absolute atomic E-state index is 6.52. The zero-order chi connectivity index (χ0) is 18.6. The molecule has 2 aromatic rings. The SMILES string of the molecule is CCCCCCc1cc(C)c(C)cc1Sc1c(C)cc(C)c(Cl)c1C.